The minimum absolute atomic E-state index is 0.148. The molecule has 1 amide bonds. The maximum absolute atomic E-state index is 12.3. The molecule has 0 aliphatic heterocycles. The molecule has 0 fully saturated rings. The summed E-state index contributed by atoms with van der Waals surface area (Å²) in [7, 11) is 0. The van der Waals surface area contributed by atoms with Crippen molar-refractivity contribution in [3.8, 4) is 0 Å². The van der Waals surface area contributed by atoms with E-state index in [-0.39, 0.29) is 11.7 Å². The minimum Gasteiger partial charge on any atom is -0.338 e. The van der Waals surface area contributed by atoms with Crippen molar-refractivity contribution in [2.75, 3.05) is 11.1 Å². The van der Waals surface area contributed by atoms with E-state index in [2.05, 4.69) is 57.3 Å². The van der Waals surface area contributed by atoms with Crippen molar-refractivity contribution >= 4 is 77.3 Å². The number of rotatable bonds is 4. The van der Waals surface area contributed by atoms with Crippen LogP contribution < -0.4 is 5.32 Å². The fourth-order valence-corrected chi connectivity index (χ4v) is 4.89. The fourth-order valence-electron chi connectivity index (χ4n) is 2.69. The van der Waals surface area contributed by atoms with Crippen LogP contribution in [0.3, 0.4) is 0 Å². The molecule has 136 valence electrons. The lowest BCUT2D eigenvalue weighted by Gasteiger charge is -2.10. The summed E-state index contributed by atoms with van der Waals surface area (Å²) in [6, 6.07) is 11.7. The van der Waals surface area contributed by atoms with Crippen LogP contribution in [0.25, 0.3) is 22.1 Å². The van der Waals surface area contributed by atoms with Crippen molar-refractivity contribution in [2.45, 2.75) is 12.1 Å². The molecule has 0 saturated carbocycles. The number of carbonyl (C=O) groups is 1. The Labute approximate surface area is 175 Å². The van der Waals surface area contributed by atoms with Crippen LogP contribution in [0.4, 0.5) is 5.69 Å². The van der Waals surface area contributed by atoms with E-state index < -0.39 is 0 Å². The van der Waals surface area contributed by atoms with Gasteiger partial charge in [0.1, 0.15) is 5.52 Å². The molecule has 2 aromatic carbocycles. The molecule has 2 aromatic heterocycles. The second-order valence-corrected chi connectivity index (χ2v) is 8.55. The molecule has 4 rings (SSSR count). The molecule has 2 N–H and O–H groups in total. The molecule has 0 bridgehead atoms. The number of thioether (sulfide) groups is 1. The number of benzene rings is 2. The molecular formula is C18H13Br2N5OS. The summed E-state index contributed by atoms with van der Waals surface area (Å²) in [4.78, 5) is 20.0. The number of H-pyrrole nitrogens is 1. The number of aromatic amines is 1. The van der Waals surface area contributed by atoms with E-state index in [1.165, 1.54) is 11.8 Å². The Balaban J connectivity index is 1.48. The lowest BCUT2D eigenvalue weighted by Crippen LogP contribution is -2.15. The Morgan fingerprint density at radius 2 is 1.93 bits per heavy atom. The van der Waals surface area contributed by atoms with Crippen molar-refractivity contribution in [1.82, 2.24) is 20.2 Å². The van der Waals surface area contributed by atoms with Crippen LogP contribution in [0, 0.1) is 6.92 Å². The molecule has 0 aliphatic rings. The molecule has 9 heteroatoms. The third-order valence-electron chi connectivity index (χ3n) is 3.89. The average molecular weight is 507 g/mol. The van der Waals surface area contributed by atoms with Gasteiger partial charge in [-0.2, -0.15) is 0 Å². The molecule has 0 saturated heterocycles. The van der Waals surface area contributed by atoms with E-state index in [0.717, 1.165) is 30.9 Å². The van der Waals surface area contributed by atoms with Gasteiger partial charge >= 0.3 is 0 Å². The molecule has 2 heterocycles. The number of aryl methyl sites for hydroxylation is 1. The van der Waals surface area contributed by atoms with E-state index in [0.29, 0.717) is 16.5 Å². The van der Waals surface area contributed by atoms with Gasteiger partial charge < -0.3 is 10.3 Å². The second-order valence-electron chi connectivity index (χ2n) is 5.90. The van der Waals surface area contributed by atoms with Crippen LogP contribution in [-0.4, -0.2) is 31.8 Å². The predicted octanol–water partition coefficient (Wildman–Crippen LogP) is 5.07. The number of carbonyl (C=O) groups excluding carboxylic acids is 1. The number of para-hydroxylation sites is 1. The highest BCUT2D eigenvalue weighted by atomic mass is 79.9. The first-order chi connectivity index (χ1) is 13.0. The highest BCUT2D eigenvalue weighted by Gasteiger charge is 2.13. The van der Waals surface area contributed by atoms with E-state index in [4.69, 9.17) is 0 Å². The number of nitrogens with one attached hydrogen (secondary N) is 2. The first-order valence-electron chi connectivity index (χ1n) is 8.00. The number of anilines is 1. The van der Waals surface area contributed by atoms with Gasteiger partial charge in [0, 0.05) is 19.8 Å². The van der Waals surface area contributed by atoms with E-state index in [1.54, 1.807) is 0 Å². The van der Waals surface area contributed by atoms with E-state index in [1.807, 2.05) is 43.3 Å². The van der Waals surface area contributed by atoms with Gasteiger partial charge in [0.05, 0.1) is 11.4 Å². The molecule has 0 atom stereocenters. The average Bonchev–Trinajstić information content (AvgIpc) is 3.00. The van der Waals surface area contributed by atoms with Crippen LogP contribution in [0.15, 0.2) is 50.5 Å². The van der Waals surface area contributed by atoms with Crippen LogP contribution in [-0.2, 0) is 4.79 Å². The maximum atomic E-state index is 12.3. The van der Waals surface area contributed by atoms with Crippen molar-refractivity contribution < 1.29 is 4.79 Å². The summed E-state index contributed by atoms with van der Waals surface area (Å²) in [5, 5.41) is 12.7. The standard InChI is InChI=1S/C18H13Br2N5OS/c1-9-6-11(19)16(12(20)7-9)22-14(26)8-27-18-23-17-15(24-25-18)10-4-2-3-5-13(10)21-17/h2-7H,8H2,1H3,(H,22,26)(H,21,23,25). The summed E-state index contributed by atoms with van der Waals surface area (Å²) in [6.07, 6.45) is 0. The van der Waals surface area contributed by atoms with Crippen molar-refractivity contribution in [1.29, 1.82) is 0 Å². The maximum Gasteiger partial charge on any atom is 0.234 e. The van der Waals surface area contributed by atoms with Gasteiger partial charge in [0.25, 0.3) is 0 Å². The topological polar surface area (TPSA) is 83.6 Å². The molecule has 27 heavy (non-hydrogen) atoms. The third-order valence-corrected chi connectivity index (χ3v) is 5.97. The zero-order valence-corrected chi connectivity index (χ0v) is 18.1. The molecule has 6 nitrogen and oxygen atoms in total. The number of fused-ring (bicyclic) bond motifs is 3. The highest BCUT2D eigenvalue weighted by Crippen LogP contribution is 2.32. The first kappa shape index (κ1) is 18.4. The Hall–Kier alpha value is -1.97. The number of hydrogen-bond donors (Lipinski definition) is 2. The summed E-state index contributed by atoms with van der Waals surface area (Å²) in [5.41, 5.74) is 4.15. The lowest BCUT2D eigenvalue weighted by molar-refractivity contribution is -0.113. The smallest absolute Gasteiger partial charge is 0.234 e. The number of halogens is 2. The van der Waals surface area contributed by atoms with Gasteiger partial charge in [-0.15, -0.1) is 10.2 Å². The number of nitrogens with zero attached hydrogens (tertiary/aromatic N) is 3. The number of hydrogen-bond acceptors (Lipinski definition) is 5. The molecule has 0 spiro atoms. The van der Waals surface area contributed by atoms with Gasteiger partial charge in [-0.1, -0.05) is 30.0 Å². The largest absolute Gasteiger partial charge is 0.338 e. The van der Waals surface area contributed by atoms with Crippen LogP contribution in [0.5, 0.6) is 0 Å². The van der Waals surface area contributed by atoms with Gasteiger partial charge in [-0.05, 0) is 62.5 Å². The minimum atomic E-state index is -0.148. The zero-order chi connectivity index (χ0) is 19.0. The van der Waals surface area contributed by atoms with Crippen molar-refractivity contribution in [2.24, 2.45) is 0 Å². The summed E-state index contributed by atoms with van der Waals surface area (Å²) in [5.74, 6) is 0.0331. The Bertz CT molecular complexity index is 1150. The second kappa shape index (κ2) is 7.57. The Morgan fingerprint density at radius 1 is 1.19 bits per heavy atom. The highest BCUT2D eigenvalue weighted by molar-refractivity contribution is 9.11. The predicted molar refractivity (Wildman–Crippen MR) is 115 cm³/mol. The summed E-state index contributed by atoms with van der Waals surface area (Å²) >= 11 is 8.19. The number of aromatic nitrogens is 4. The fraction of sp³-hybridized carbons (Fsp3) is 0.111. The van der Waals surface area contributed by atoms with Crippen LogP contribution in [0.1, 0.15) is 5.56 Å². The molecule has 4 aromatic rings. The summed E-state index contributed by atoms with van der Waals surface area (Å²) < 4.78 is 1.65. The lowest BCUT2D eigenvalue weighted by atomic mass is 10.2. The zero-order valence-electron chi connectivity index (χ0n) is 14.1. The van der Waals surface area contributed by atoms with E-state index >= 15 is 0 Å². The Morgan fingerprint density at radius 3 is 2.70 bits per heavy atom. The SMILES string of the molecule is Cc1cc(Br)c(NC(=O)CSc2nnc3c(n2)[nH]c2ccccc23)c(Br)c1. The Kier molecular flexibility index (Phi) is 5.16. The van der Waals surface area contributed by atoms with Crippen molar-refractivity contribution in [3.05, 3.63) is 50.9 Å². The van der Waals surface area contributed by atoms with Gasteiger partial charge in [0.2, 0.25) is 11.1 Å². The molecule has 0 unspecified atom stereocenters. The van der Waals surface area contributed by atoms with Crippen LogP contribution in [0.2, 0.25) is 0 Å². The normalized spacial score (nSPS) is 11.2. The number of amides is 1. The van der Waals surface area contributed by atoms with Gasteiger partial charge in [-0.25, -0.2) is 4.98 Å². The molecular weight excluding hydrogens is 494 g/mol. The van der Waals surface area contributed by atoms with Gasteiger partial charge in [-0.3, -0.25) is 4.79 Å². The third kappa shape index (κ3) is 3.85. The quantitative estimate of drug-likeness (QED) is 0.377. The monoisotopic (exact) mass is 505 g/mol. The van der Waals surface area contributed by atoms with Crippen molar-refractivity contribution in [3.63, 3.8) is 0 Å². The summed E-state index contributed by atoms with van der Waals surface area (Å²) in [6.45, 7) is 1.99. The molecule has 0 aliphatic carbocycles. The first-order valence-corrected chi connectivity index (χ1v) is 10.6. The molecule has 0 radical (unpaired) electrons. The van der Waals surface area contributed by atoms with Gasteiger partial charge in [0.15, 0.2) is 5.65 Å². The van der Waals surface area contributed by atoms with Crippen LogP contribution >= 0.6 is 43.6 Å². The van der Waals surface area contributed by atoms with E-state index in [9.17, 15) is 4.79 Å².